The van der Waals surface area contributed by atoms with Gasteiger partial charge in [0, 0.05) is 0 Å². The summed E-state index contributed by atoms with van der Waals surface area (Å²) < 4.78 is 0. The fraction of sp³-hybridized carbons (Fsp3) is 0.500. The number of hydrogen-bond donors (Lipinski definition) is 0. The highest BCUT2D eigenvalue weighted by Gasteiger charge is 2.04. The summed E-state index contributed by atoms with van der Waals surface area (Å²) in [6.45, 7) is 6.13. The molecule has 0 amide bonds. The number of hydrogen-bond acceptors (Lipinski definition) is 0. The zero-order valence-corrected chi connectivity index (χ0v) is 10.5. The van der Waals surface area contributed by atoms with Gasteiger partial charge in [-0.1, -0.05) is 62.8 Å². The van der Waals surface area contributed by atoms with E-state index in [2.05, 4.69) is 43.9 Å². The van der Waals surface area contributed by atoms with E-state index >= 15 is 0 Å². The predicted molar refractivity (Wildman–Crippen MR) is 73.4 cm³/mol. The molecule has 0 heteroatoms. The third kappa shape index (κ3) is 5.16. The Morgan fingerprint density at radius 3 is 3.00 bits per heavy atom. The van der Waals surface area contributed by atoms with Crippen LogP contribution >= 0.6 is 0 Å². The maximum absolute atomic E-state index is 3.86. The Morgan fingerprint density at radius 1 is 1.38 bits per heavy atom. The van der Waals surface area contributed by atoms with Crippen LogP contribution in [0.15, 0.2) is 48.6 Å². The molecule has 88 valence electrons. The first-order valence-corrected chi connectivity index (χ1v) is 6.53. The second-order valence-corrected chi connectivity index (χ2v) is 4.51. The van der Waals surface area contributed by atoms with Crippen molar-refractivity contribution in [1.29, 1.82) is 0 Å². The Labute approximate surface area is 100 Å². The van der Waals surface area contributed by atoms with Gasteiger partial charge in [0.15, 0.2) is 0 Å². The molecule has 0 bridgehead atoms. The Balaban J connectivity index is 2.54. The van der Waals surface area contributed by atoms with Gasteiger partial charge in [-0.05, 0) is 37.2 Å². The molecule has 0 fully saturated rings. The number of unbranched alkanes of at least 4 members (excludes halogenated alkanes) is 1. The maximum Gasteiger partial charge on any atom is -0.0230 e. The highest BCUT2D eigenvalue weighted by molar-refractivity contribution is 5.24. The summed E-state index contributed by atoms with van der Waals surface area (Å²) in [6, 6.07) is 0. The van der Waals surface area contributed by atoms with Crippen LogP contribution in [0, 0.1) is 5.92 Å². The van der Waals surface area contributed by atoms with Gasteiger partial charge in [-0.25, -0.2) is 0 Å². The molecular formula is C16H24. The second kappa shape index (κ2) is 8.15. The van der Waals surface area contributed by atoms with Crippen LogP contribution in [0.5, 0.6) is 0 Å². The molecular weight excluding hydrogens is 192 g/mol. The minimum Gasteiger partial charge on any atom is -0.0988 e. The molecule has 1 aliphatic rings. The fourth-order valence-corrected chi connectivity index (χ4v) is 2.09. The van der Waals surface area contributed by atoms with Crippen molar-refractivity contribution in [1.82, 2.24) is 0 Å². The third-order valence-electron chi connectivity index (χ3n) is 3.15. The van der Waals surface area contributed by atoms with E-state index < -0.39 is 0 Å². The normalized spacial score (nSPS) is 28.8. The smallest absolute Gasteiger partial charge is 0.0230 e. The Hall–Kier alpha value is -1.04. The lowest BCUT2D eigenvalue weighted by molar-refractivity contribution is 0.501. The van der Waals surface area contributed by atoms with E-state index in [4.69, 9.17) is 0 Å². The molecule has 0 aromatic rings. The van der Waals surface area contributed by atoms with Crippen LogP contribution in [0.3, 0.4) is 0 Å². The van der Waals surface area contributed by atoms with Gasteiger partial charge in [-0.2, -0.15) is 0 Å². The molecule has 1 unspecified atom stereocenters. The maximum atomic E-state index is 3.86. The van der Waals surface area contributed by atoms with Crippen molar-refractivity contribution in [3.63, 3.8) is 0 Å². The summed E-state index contributed by atoms with van der Waals surface area (Å²) in [5.74, 6) is 0.772. The van der Waals surface area contributed by atoms with Gasteiger partial charge in [-0.15, -0.1) is 0 Å². The average molecular weight is 216 g/mol. The van der Waals surface area contributed by atoms with Crippen LogP contribution in [0.4, 0.5) is 0 Å². The number of rotatable bonds is 4. The van der Waals surface area contributed by atoms with Crippen LogP contribution in [-0.4, -0.2) is 0 Å². The molecule has 0 aliphatic heterocycles. The minimum atomic E-state index is 0.772. The standard InChI is InChI=1S/C16H24/c1-3-5-10-16-12-8-6-7-11-15(4-2)13-9-14-16/h4,6-8,11-12,16H,2-3,5,9-10,13-14H2,1H3/b7-6-,12-8-,15-11-. The van der Waals surface area contributed by atoms with Crippen molar-refractivity contribution in [3.8, 4) is 0 Å². The van der Waals surface area contributed by atoms with E-state index in [1.807, 2.05) is 6.08 Å². The van der Waals surface area contributed by atoms with Crippen LogP contribution in [0.1, 0.15) is 45.4 Å². The summed E-state index contributed by atoms with van der Waals surface area (Å²) in [5.41, 5.74) is 1.36. The van der Waals surface area contributed by atoms with Gasteiger partial charge in [0.1, 0.15) is 0 Å². The van der Waals surface area contributed by atoms with Crippen LogP contribution in [-0.2, 0) is 0 Å². The molecule has 0 spiro atoms. The molecule has 1 aliphatic carbocycles. The molecule has 0 saturated carbocycles. The summed E-state index contributed by atoms with van der Waals surface area (Å²) in [7, 11) is 0. The lowest BCUT2D eigenvalue weighted by atomic mass is 9.93. The topological polar surface area (TPSA) is 0 Å². The van der Waals surface area contributed by atoms with E-state index in [0.29, 0.717) is 0 Å². The van der Waals surface area contributed by atoms with Crippen molar-refractivity contribution in [2.75, 3.05) is 0 Å². The van der Waals surface area contributed by atoms with E-state index in [0.717, 1.165) is 5.92 Å². The van der Waals surface area contributed by atoms with Gasteiger partial charge >= 0.3 is 0 Å². The van der Waals surface area contributed by atoms with Gasteiger partial charge < -0.3 is 0 Å². The first-order valence-electron chi connectivity index (χ1n) is 6.53. The van der Waals surface area contributed by atoms with E-state index in [9.17, 15) is 0 Å². The minimum absolute atomic E-state index is 0.772. The van der Waals surface area contributed by atoms with Gasteiger partial charge in [0.2, 0.25) is 0 Å². The molecule has 0 aromatic carbocycles. The quantitative estimate of drug-likeness (QED) is 0.605. The lowest BCUT2D eigenvalue weighted by Gasteiger charge is -2.12. The average Bonchev–Trinajstić information content (AvgIpc) is 2.33. The summed E-state index contributed by atoms with van der Waals surface area (Å²) in [6.07, 6.45) is 20.7. The zero-order valence-electron chi connectivity index (χ0n) is 10.5. The molecule has 1 atom stereocenters. The SMILES string of the molecule is C=C/C1=C/C=C\C=C/C(CCCC)CCC1. The van der Waals surface area contributed by atoms with E-state index in [-0.39, 0.29) is 0 Å². The van der Waals surface area contributed by atoms with Crippen LogP contribution in [0.25, 0.3) is 0 Å². The van der Waals surface area contributed by atoms with Crippen LogP contribution in [0.2, 0.25) is 0 Å². The van der Waals surface area contributed by atoms with Crippen molar-refractivity contribution in [3.05, 3.63) is 48.6 Å². The first kappa shape index (κ1) is 13.0. The van der Waals surface area contributed by atoms with Crippen molar-refractivity contribution in [2.24, 2.45) is 5.92 Å². The summed E-state index contributed by atoms with van der Waals surface area (Å²) in [4.78, 5) is 0. The molecule has 0 radical (unpaired) electrons. The zero-order chi connectivity index (χ0) is 11.6. The molecule has 1 rings (SSSR count). The highest BCUT2D eigenvalue weighted by atomic mass is 14.1. The Bertz CT molecular complexity index is 278. The largest absolute Gasteiger partial charge is 0.0988 e. The molecule has 0 N–H and O–H groups in total. The fourth-order valence-electron chi connectivity index (χ4n) is 2.09. The lowest BCUT2D eigenvalue weighted by Crippen LogP contribution is -1.97. The molecule has 16 heavy (non-hydrogen) atoms. The van der Waals surface area contributed by atoms with Crippen molar-refractivity contribution >= 4 is 0 Å². The Kier molecular flexibility index (Phi) is 6.64. The van der Waals surface area contributed by atoms with E-state index in [1.54, 1.807) is 0 Å². The Morgan fingerprint density at radius 2 is 2.25 bits per heavy atom. The predicted octanol–water partition coefficient (Wildman–Crippen LogP) is 5.20. The molecule has 0 saturated heterocycles. The monoisotopic (exact) mass is 216 g/mol. The summed E-state index contributed by atoms with van der Waals surface area (Å²) in [5, 5.41) is 0. The first-order chi connectivity index (χ1) is 7.86. The molecule has 0 nitrogen and oxygen atoms in total. The number of allylic oxidation sites excluding steroid dienone is 7. The van der Waals surface area contributed by atoms with E-state index in [1.165, 1.54) is 44.1 Å². The highest BCUT2D eigenvalue weighted by Crippen LogP contribution is 2.20. The van der Waals surface area contributed by atoms with Gasteiger partial charge in [-0.3, -0.25) is 0 Å². The van der Waals surface area contributed by atoms with Crippen molar-refractivity contribution < 1.29 is 0 Å². The summed E-state index contributed by atoms with van der Waals surface area (Å²) >= 11 is 0. The second-order valence-electron chi connectivity index (χ2n) is 4.51. The van der Waals surface area contributed by atoms with Crippen molar-refractivity contribution in [2.45, 2.75) is 45.4 Å². The third-order valence-corrected chi connectivity index (χ3v) is 3.15. The van der Waals surface area contributed by atoms with Gasteiger partial charge in [0.25, 0.3) is 0 Å². The van der Waals surface area contributed by atoms with Gasteiger partial charge in [0.05, 0.1) is 0 Å². The van der Waals surface area contributed by atoms with Crippen LogP contribution < -0.4 is 0 Å². The molecule has 0 aromatic heterocycles. The molecule has 0 heterocycles.